The van der Waals surface area contributed by atoms with E-state index in [1.54, 1.807) is 30.3 Å². The zero-order valence-electron chi connectivity index (χ0n) is 15.4. The lowest BCUT2D eigenvalue weighted by molar-refractivity contribution is 0.0844. The predicted molar refractivity (Wildman–Crippen MR) is 105 cm³/mol. The van der Waals surface area contributed by atoms with Crippen LogP contribution >= 0.6 is 15.9 Å². The lowest BCUT2D eigenvalue weighted by atomic mass is 9.87. The Morgan fingerprint density at radius 3 is 2.19 bits per heavy atom. The largest absolute Gasteiger partial charge is 0.493 e. The molecule has 0 unspecified atom stereocenters. The van der Waals surface area contributed by atoms with Crippen LogP contribution in [0, 0.1) is 0 Å². The van der Waals surface area contributed by atoms with Gasteiger partial charge in [-0.15, -0.1) is 0 Å². The van der Waals surface area contributed by atoms with Gasteiger partial charge in [0.25, 0.3) is 11.8 Å². The molecule has 6 heteroatoms. The van der Waals surface area contributed by atoms with E-state index in [9.17, 15) is 9.59 Å². The summed E-state index contributed by atoms with van der Waals surface area (Å²) in [5.41, 5.74) is 6.82. The highest BCUT2D eigenvalue weighted by molar-refractivity contribution is 9.10. The predicted octanol–water partition coefficient (Wildman–Crippen LogP) is 4.22. The number of amides is 2. The van der Waals surface area contributed by atoms with Crippen LogP contribution in [0.15, 0.2) is 46.9 Å². The minimum absolute atomic E-state index is 0.0135. The summed E-state index contributed by atoms with van der Waals surface area (Å²) in [4.78, 5) is 24.6. The summed E-state index contributed by atoms with van der Waals surface area (Å²) >= 11 is 3.33. The van der Waals surface area contributed by atoms with E-state index < -0.39 is 5.91 Å². The lowest BCUT2D eigenvalue weighted by Gasteiger charge is -2.19. The third-order valence-electron chi connectivity index (χ3n) is 3.79. The minimum Gasteiger partial charge on any atom is -0.493 e. The molecule has 0 aliphatic carbocycles. The topological polar surface area (TPSA) is 67.4 Å². The number of carbonyl (C=O) groups is 2. The second-order valence-electron chi connectivity index (χ2n) is 6.81. The van der Waals surface area contributed by atoms with Gasteiger partial charge in [0.05, 0.1) is 12.2 Å². The standard InChI is InChI=1S/C20H23BrN2O3/c1-5-26-17-11-10-15(21)12-16(17)19(25)23-22-18(24)13-6-8-14(9-7-13)20(2,3)4/h6-12H,5H2,1-4H3,(H,22,24)(H,23,25). The van der Waals surface area contributed by atoms with Gasteiger partial charge >= 0.3 is 0 Å². The number of hydrogen-bond acceptors (Lipinski definition) is 3. The van der Waals surface area contributed by atoms with Crippen molar-refractivity contribution in [3.63, 3.8) is 0 Å². The number of rotatable bonds is 4. The Hall–Kier alpha value is -2.34. The van der Waals surface area contributed by atoms with Crippen molar-refractivity contribution in [2.24, 2.45) is 0 Å². The fourth-order valence-corrected chi connectivity index (χ4v) is 2.70. The van der Waals surface area contributed by atoms with Gasteiger partial charge in [-0.3, -0.25) is 20.4 Å². The molecule has 5 nitrogen and oxygen atoms in total. The Kier molecular flexibility index (Phi) is 6.42. The molecule has 0 spiro atoms. The van der Waals surface area contributed by atoms with Crippen molar-refractivity contribution in [3.8, 4) is 5.75 Å². The molecule has 138 valence electrons. The van der Waals surface area contributed by atoms with Crippen LogP contribution in [0.3, 0.4) is 0 Å². The first kappa shape index (κ1) is 20.0. The number of halogens is 1. The Bertz CT molecular complexity index is 796. The van der Waals surface area contributed by atoms with E-state index in [2.05, 4.69) is 47.6 Å². The van der Waals surface area contributed by atoms with Crippen LogP contribution in [0.5, 0.6) is 5.75 Å². The molecule has 0 fully saturated rings. The average molecular weight is 419 g/mol. The average Bonchev–Trinajstić information content (AvgIpc) is 2.60. The van der Waals surface area contributed by atoms with E-state index in [4.69, 9.17) is 4.74 Å². The third kappa shape index (κ3) is 5.08. The fourth-order valence-electron chi connectivity index (χ4n) is 2.34. The highest BCUT2D eigenvalue weighted by Crippen LogP contribution is 2.23. The third-order valence-corrected chi connectivity index (χ3v) is 4.28. The van der Waals surface area contributed by atoms with Crippen LogP contribution in [0.1, 0.15) is 54.0 Å². The lowest BCUT2D eigenvalue weighted by Crippen LogP contribution is -2.41. The van der Waals surface area contributed by atoms with Crippen LogP contribution in [0.4, 0.5) is 0 Å². The van der Waals surface area contributed by atoms with Crippen molar-refractivity contribution in [3.05, 3.63) is 63.6 Å². The molecule has 0 saturated carbocycles. The van der Waals surface area contributed by atoms with Gasteiger partial charge in [-0.2, -0.15) is 0 Å². The van der Waals surface area contributed by atoms with Gasteiger partial charge in [0, 0.05) is 10.0 Å². The minimum atomic E-state index is -0.450. The maximum atomic E-state index is 12.4. The van der Waals surface area contributed by atoms with Gasteiger partial charge < -0.3 is 4.74 Å². The molecule has 2 aromatic carbocycles. The summed E-state index contributed by atoms with van der Waals surface area (Å²) in [5, 5.41) is 0. The number of hydrogen-bond donors (Lipinski definition) is 2. The highest BCUT2D eigenvalue weighted by Gasteiger charge is 2.16. The normalized spacial score (nSPS) is 11.0. The summed E-state index contributed by atoms with van der Waals surface area (Å²) < 4.78 is 6.20. The molecule has 2 N–H and O–H groups in total. The van der Waals surface area contributed by atoms with Gasteiger partial charge in [-0.05, 0) is 48.2 Å². The maximum Gasteiger partial charge on any atom is 0.273 e. The second-order valence-corrected chi connectivity index (χ2v) is 7.72. The molecule has 2 aromatic rings. The molecule has 0 heterocycles. The number of carbonyl (C=O) groups excluding carboxylic acids is 2. The first-order valence-corrected chi connectivity index (χ1v) is 9.15. The van der Waals surface area contributed by atoms with Crippen molar-refractivity contribution in [1.82, 2.24) is 10.9 Å². The summed E-state index contributed by atoms with van der Waals surface area (Å²) in [7, 11) is 0. The molecule has 0 bridgehead atoms. The highest BCUT2D eigenvalue weighted by atomic mass is 79.9. The Morgan fingerprint density at radius 1 is 1.00 bits per heavy atom. The first-order valence-electron chi connectivity index (χ1n) is 8.36. The molecule has 0 aromatic heterocycles. The van der Waals surface area contributed by atoms with E-state index >= 15 is 0 Å². The quantitative estimate of drug-likeness (QED) is 0.730. The van der Waals surface area contributed by atoms with Crippen molar-refractivity contribution in [2.45, 2.75) is 33.1 Å². The summed E-state index contributed by atoms with van der Waals surface area (Å²) in [5.74, 6) is -0.377. The van der Waals surface area contributed by atoms with Gasteiger partial charge in [-0.25, -0.2) is 0 Å². The summed E-state index contributed by atoms with van der Waals surface area (Å²) in [6.07, 6.45) is 0. The number of benzene rings is 2. The van der Waals surface area contributed by atoms with E-state index in [1.165, 1.54) is 0 Å². The Morgan fingerprint density at radius 2 is 1.62 bits per heavy atom. The molecule has 0 atom stereocenters. The fraction of sp³-hybridized carbons (Fsp3) is 0.300. The molecule has 0 saturated heterocycles. The van der Waals surface area contributed by atoms with E-state index in [-0.39, 0.29) is 11.3 Å². The molecule has 0 radical (unpaired) electrons. The zero-order valence-corrected chi connectivity index (χ0v) is 16.9. The number of hydrazine groups is 1. The van der Waals surface area contributed by atoms with Crippen LogP contribution in [-0.2, 0) is 5.41 Å². The van der Waals surface area contributed by atoms with E-state index in [0.717, 1.165) is 10.0 Å². The van der Waals surface area contributed by atoms with Crippen LogP contribution in [0.2, 0.25) is 0 Å². The molecular formula is C20H23BrN2O3. The van der Waals surface area contributed by atoms with E-state index in [0.29, 0.717) is 23.5 Å². The molecule has 2 rings (SSSR count). The summed E-state index contributed by atoms with van der Waals surface area (Å²) in [6.45, 7) is 8.60. The Labute approximate surface area is 162 Å². The number of ether oxygens (including phenoxy) is 1. The van der Waals surface area contributed by atoms with E-state index in [1.807, 2.05) is 19.1 Å². The zero-order chi connectivity index (χ0) is 19.3. The molecule has 26 heavy (non-hydrogen) atoms. The summed E-state index contributed by atoms with van der Waals surface area (Å²) in [6, 6.07) is 12.5. The monoisotopic (exact) mass is 418 g/mol. The molecular weight excluding hydrogens is 396 g/mol. The Balaban J connectivity index is 2.05. The first-order chi connectivity index (χ1) is 12.2. The van der Waals surface area contributed by atoms with Crippen LogP contribution < -0.4 is 15.6 Å². The van der Waals surface area contributed by atoms with Gasteiger partial charge in [0.2, 0.25) is 0 Å². The van der Waals surface area contributed by atoms with Crippen LogP contribution in [-0.4, -0.2) is 18.4 Å². The number of nitrogens with one attached hydrogen (secondary N) is 2. The van der Waals surface area contributed by atoms with Crippen molar-refractivity contribution in [2.75, 3.05) is 6.61 Å². The SMILES string of the molecule is CCOc1ccc(Br)cc1C(=O)NNC(=O)c1ccc(C(C)(C)C)cc1. The second kappa shape index (κ2) is 8.36. The molecule has 2 amide bonds. The van der Waals surface area contributed by atoms with Gasteiger partial charge in [0.15, 0.2) is 0 Å². The van der Waals surface area contributed by atoms with Gasteiger partial charge in [0.1, 0.15) is 5.75 Å². The smallest absolute Gasteiger partial charge is 0.273 e. The van der Waals surface area contributed by atoms with Gasteiger partial charge in [-0.1, -0.05) is 48.8 Å². The van der Waals surface area contributed by atoms with Crippen molar-refractivity contribution in [1.29, 1.82) is 0 Å². The van der Waals surface area contributed by atoms with Crippen molar-refractivity contribution >= 4 is 27.7 Å². The molecule has 0 aliphatic rings. The molecule has 0 aliphatic heterocycles. The van der Waals surface area contributed by atoms with Crippen LogP contribution in [0.25, 0.3) is 0 Å². The van der Waals surface area contributed by atoms with Crippen molar-refractivity contribution < 1.29 is 14.3 Å². The maximum absolute atomic E-state index is 12.4.